The molecule has 0 radical (unpaired) electrons. The van der Waals surface area contributed by atoms with Crippen LogP contribution >= 0.6 is 15.9 Å². The van der Waals surface area contributed by atoms with Gasteiger partial charge in [-0.2, -0.15) is 0 Å². The number of fused-ring (bicyclic) bond motifs is 1. The van der Waals surface area contributed by atoms with E-state index in [1.165, 1.54) is 24.8 Å². The fourth-order valence-corrected chi connectivity index (χ4v) is 4.97. The van der Waals surface area contributed by atoms with Gasteiger partial charge in [-0.05, 0) is 48.8 Å². The van der Waals surface area contributed by atoms with Gasteiger partial charge in [0, 0.05) is 29.4 Å². The Morgan fingerprint density at radius 2 is 1.86 bits per heavy atom. The van der Waals surface area contributed by atoms with E-state index in [2.05, 4.69) is 57.2 Å². The Balaban J connectivity index is 1.70. The van der Waals surface area contributed by atoms with Crippen molar-refractivity contribution in [3.8, 4) is 0 Å². The molecule has 2 fully saturated rings. The highest BCUT2D eigenvalue weighted by Gasteiger charge is 2.46. The second-order valence-corrected chi connectivity index (χ2v) is 7.66. The number of aliphatic hydroxyl groups excluding tert-OH is 1. The van der Waals surface area contributed by atoms with Crippen LogP contribution in [0, 0.1) is 17.8 Å². The van der Waals surface area contributed by atoms with Gasteiger partial charge in [0.1, 0.15) is 6.23 Å². The molecule has 2 saturated heterocycles. The molecule has 4 rings (SSSR count). The van der Waals surface area contributed by atoms with Gasteiger partial charge in [-0.15, -0.1) is 0 Å². The lowest BCUT2D eigenvalue weighted by molar-refractivity contribution is -0.0975. The summed E-state index contributed by atoms with van der Waals surface area (Å²) in [7, 11) is 0. The maximum absolute atomic E-state index is 10.8. The normalized spacial score (nSPS) is 41.6. The summed E-state index contributed by atoms with van der Waals surface area (Å²) in [5.74, 6) is 2.04. The molecule has 1 N–H and O–H groups in total. The lowest BCUT2D eigenvalue weighted by Crippen LogP contribution is -2.51. The van der Waals surface area contributed by atoms with Gasteiger partial charge in [-0.3, -0.25) is 4.90 Å². The van der Waals surface area contributed by atoms with Crippen LogP contribution < -0.4 is 0 Å². The van der Waals surface area contributed by atoms with E-state index in [1.54, 1.807) is 0 Å². The molecule has 6 atom stereocenters. The third-order valence-corrected chi connectivity index (χ3v) is 6.25. The van der Waals surface area contributed by atoms with Gasteiger partial charge in [-0.25, -0.2) is 0 Å². The summed E-state index contributed by atoms with van der Waals surface area (Å²) >= 11 is 3.52. The predicted octanol–water partition coefficient (Wildman–Crippen LogP) is 3.77. The summed E-state index contributed by atoms with van der Waals surface area (Å²) in [5, 5.41) is 10.8. The van der Waals surface area contributed by atoms with E-state index in [4.69, 9.17) is 0 Å². The highest BCUT2D eigenvalue weighted by molar-refractivity contribution is 9.10. The number of halogens is 1. The highest BCUT2D eigenvalue weighted by atomic mass is 79.9. The Bertz CT molecular complexity index is 541. The molecule has 3 heteroatoms. The fourth-order valence-electron chi connectivity index (χ4n) is 4.70. The zero-order chi connectivity index (χ0) is 14.4. The van der Waals surface area contributed by atoms with E-state index in [9.17, 15) is 5.11 Å². The van der Waals surface area contributed by atoms with Crippen molar-refractivity contribution >= 4 is 15.9 Å². The largest absolute Gasteiger partial charge is 0.378 e. The molecule has 1 aromatic rings. The Morgan fingerprint density at radius 1 is 1.05 bits per heavy atom. The topological polar surface area (TPSA) is 23.5 Å². The number of rotatable bonds is 1. The first kappa shape index (κ1) is 14.0. The van der Waals surface area contributed by atoms with Crippen molar-refractivity contribution < 1.29 is 5.11 Å². The summed E-state index contributed by atoms with van der Waals surface area (Å²) in [6, 6.07) is 8.73. The SMILES string of the molecule is OC1[C@H]2[C@@H]3CCN1CCC[C@@H]2C=C[C@@H]3c1ccc(Br)cc1. The predicted molar refractivity (Wildman–Crippen MR) is 87.9 cm³/mol. The van der Waals surface area contributed by atoms with Crippen molar-refractivity contribution in [2.24, 2.45) is 17.8 Å². The van der Waals surface area contributed by atoms with Crippen molar-refractivity contribution in [3.63, 3.8) is 0 Å². The quantitative estimate of drug-likeness (QED) is 0.781. The number of aliphatic hydroxyl groups is 1. The summed E-state index contributed by atoms with van der Waals surface area (Å²) in [5.41, 5.74) is 1.39. The molecular weight excluding hydrogens is 326 g/mol. The standard InChI is InChI=1S/C18H22BrNO/c19-14-6-3-12(4-7-14)15-8-5-13-2-1-10-20-11-9-16(15)17(13)18(20)21/h3-8,13,15-18,21H,1-2,9-11H2/t13-,15-,16-,17-,18?/m1/s1. The second kappa shape index (κ2) is 5.53. The molecule has 112 valence electrons. The first-order valence-electron chi connectivity index (χ1n) is 8.10. The number of hydrogen-bond donors (Lipinski definition) is 1. The summed E-state index contributed by atoms with van der Waals surface area (Å²) in [6.45, 7) is 2.12. The Hall–Kier alpha value is -0.640. The van der Waals surface area contributed by atoms with Crippen LogP contribution in [0.25, 0.3) is 0 Å². The number of allylic oxidation sites excluding steroid dienone is 2. The molecule has 2 bridgehead atoms. The van der Waals surface area contributed by atoms with E-state index in [0.717, 1.165) is 17.6 Å². The minimum Gasteiger partial charge on any atom is -0.378 e. The molecule has 0 saturated carbocycles. The molecule has 0 aromatic heterocycles. The van der Waals surface area contributed by atoms with Gasteiger partial charge in [-0.1, -0.05) is 40.2 Å². The van der Waals surface area contributed by atoms with Crippen molar-refractivity contribution in [2.45, 2.75) is 31.4 Å². The van der Waals surface area contributed by atoms with E-state index >= 15 is 0 Å². The van der Waals surface area contributed by atoms with Gasteiger partial charge >= 0.3 is 0 Å². The number of nitrogens with zero attached hydrogens (tertiary/aromatic N) is 1. The van der Waals surface area contributed by atoms with Crippen LogP contribution in [0.4, 0.5) is 0 Å². The Morgan fingerprint density at radius 3 is 2.67 bits per heavy atom. The van der Waals surface area contributed by atoms with Crippen LogP contribution in [0.15, 0.2) is 40.9 Å². The first-order valence-corrected chi connectivity index (χ1v) is 8.89. The summed E-state index contributed by atoms with van der Waals surface area (Å²) < 4.78 is 1.13. The van der Waals surface area contributed by atoms with E-state index in [1.807, 2.05) is 0 Å². The fraction of sp³-hybridized carbons (Fsp3) is 0.556. The monoisotopic (exact) mass is 347 g/mol. The molecule has 2 unspecified atom stereocenters. The summed E-state index contributed by atoms with van der Waals surface area (Å²) in [6.07, 6.45) is 8.24. The van der Waals surface area contributed by atoms with Crippen LogP contribution in [-0.4, -0.2) is 29.3 Å². The average Bonchev–Trinajstić information content (AvgIpc) is 2.61. The third-order valence-electron chi connectivity index (χ3n) is 5.72. The van der Waals surface area contributed by atoms with Crippen molar-refractivity contribution in [1.82, 2.24) is 4.90 Å². The molecule has 21 heavy (non-hydrogen) atoms. The molecule has 2 nitrogen and oxygen atoms in total. The van der Waals surface area contributed by atoms with Gasteiger partial charge < -0.3 is 5.11 Å². The lowest BCUT2D eigenvalue weighted by atomic mass is 9.64. The van der Waals surface area contributed by atoms with Gasteiger partial charge in [0.2, 0.25) is 0 Å². The molecule has 0 amide bonds. The molecule has 2 aliphatic heterocycles. The second-order valence-electron chi connectivity index (χ2n) is 6.75. The van der Waals surface area contributed by atoms with Crippen LogP contribution in [0.5, 0.6) is 0 Å². The highest BCUT2D eigenvalue weighted by Crippen LogP contribution is 2.49. The van der Waals surface area contributed by atoms with Gasteiger partial charge in [0.05, 0.1) is 0 Å². The zero-order valence-corrected chi connectivity index (χ0v) is 13.7. The van der Waals surface area contributed by atoms with Crippen LogP contribution in [-0.2, 0) is 0 Å². The summed E-state index contributed by atoms with van der Waals surface area (Å²) in [4.78, 5) is 2.30. The molecule has 2 heterocycles. The maximum atomic E-state index is 10.8. The molecule has 0 spiro atoms. The van der Waals surface area contributed by atoms with Crippen LogP contribution in [0.2, 0.25) is 0 Å². The zero-order valence-electron chi connectivity index (χ0n) is 12.2. The average molecular weight is 348 g/mol. The third kappa shape index (κ3) is 2.39. The van der Waals surface area contributed by atoms with Gasteiger partial charge in [0.25, 0.3) is 0 Å². The molecule has 3 aliphatic rings. The van der Waals surface area contributed by atoms with Crippen molar-refractivity contribution in [1.29, 1.82) is 0 Å². The first-order chi connectivity index (χ1) is 10.2. The number of benzene rings is 1. The maximum Gasteiger partial charge on any atom is 0.111 e. The molecular formula is C18H22BrNO. The Labute approximate surface area is 135 Å². The van der Waals surface area contributed by atoms with E-state index in [-0.39, 0.29) is 6.23 Å². The minimum absolute atomic E-state index is 0.237. The van der Waals surface area contributed by atoms with Gasteiger partial charge in [0.15, 0.2) is 0 Å². The molecule has 1 aliphatic carbocycles. The molecule has 1 aromatic carbocycles. The van der Waals surface area contributed by atoms with Crippen LogP contribution in [0.1, 0.15) is 30.7 Å². The smallest absolute Gasteiger partial charge is 0.111 e. The Kier molecular flexibility index (Phi) is 3.68. The van der Waals surface area contributed by atoms with Crippen LogP contribution in [0.3, 0.4) is 0 Å². The number of hydrogen-bond acceptors (Lipinski definition) is 2. The minimum atomic E-state index is -0.237. The number of piperidine rings is 1. The lowest BCUT2D eigenvalue weighted by Gasteiger charge is -2.48. The van der Waals surface area contributed by atoms with Crippen molar-refractivity contribution in [2.75, 3.05) is 13.1 Å². The van der Waals surface area contributed by atoms with Crippen molar-refractivity contribution in [3.05, 3.63) is 46.5 Å². The van der Waals surface area contributed by atoms with E-state index in [0.29, 0.717) is 23.7 Å². The van der Waals surface area contributed by atoms with E-state index < -0.39 is 0 Å².